The Morgan fingerprint density at radius 1 is 0.905 bits per heavy atom. The molecule has 42 heavy (non-hydrogen) atoms. The highest BCUT2D eigenvalue weighted by Gasteiger charge is 2.38. The minimum Gasteiger partial charge on any atom is -0.493 e. The van der Waals surface area contributed by atoms with Crippen LogP contribution >= 0.6 is 11.3 Å². The molecule has 0 atom stereocenters. The molecule has 0 fully saturated rings. The predicted molar refractivity (Wildman–Crippen MR) is 163 cm³/mol. The lowest BCUT2D eigenvalue weighted by atomic mass is 9.86. The van der Waals surface area contributed by atoms with Gasteiger partial charge in [-0.2, -0.15) is 13.2 Å². The van der Waals surface area contributed by atoms with Crippen molar-refractivity contribution in [2.24, 2.45) is 5.41 Å². The Kier molecular flexibility index (Phi) is 9.33. The molecule has 9 heteroatoms. The van der Waals surface area contributed by atoms with Gasteiger partial charge in [-0.25, -0.2) is 9.97 Å². The van der Waals surface area contributed by atoms with Crippen LogP contribution in [0.1, 0.15) is 56.4 Å². The van der Waals surface area contributed by atoms with Crippen LogP contribution < -0.4 is 9.47 Å². The van der Waals surface area contributed by atoms with Gasteiger partial charge in [-0.15, -0.1) is 11.3 Å². The minimum atomic E-state index is -4.62. The highest BCUT2D eigenvalue weighted by molar-refractivity contribution is 7.15. The van der Waals surface area contributed by atoms with Crippen LogP contribution in [0.3, 0.4) is 0 Å². The largest absolute Gasteiger partial charge is 0.493 e. The quantitative estimate of drug-likeness (QED) is 0.183. The number of para-hydroxylation sites is 1. The minimum absolute atomic E-state index is 0.0555. The maximum Gasteiger partial charge on any atom is 0.434 e. The maximum atomic E-state index is 14.2. The third-order valence-electron chi connectivity index (χ3n) is 6.50. The molecule has 0 amide bonds. The number of halogens is 3. The standard InChI is InChI=1S/C33H38F3N3O2S/c1-31(2,3)25-15-8-9-16-26(25)41-30-23(13-11-17-37-30)19-27-38-29(33(34,35)36)28(42-27)22-12-10-14-24(18-22)40-21-32(4,5)20-39(6)7/h8-18H,19-21H2,1-7H3. The normalized spacial score (nSPS) is 12.5. The van der Waals surface area contributed by atoms with Crippen molar-refractivity contribution in [3.8, 4) is 27.8 Å². The van der Waals surface area contributed by atoms with Gasteiger partial charge in [0.05, 0.1) is 16.5 Å². The van der Waals surface area contributed by atoms with Crippen molar-refractivity contribution < 1.29 is 22.6 Å². The van der Waals surface area contributed by atoms with E-state index in [2.05, 4.69) is 49.5 Å². The van der Waals surface area contributed by atoms with E-state index in [9.17, 15) is 13.2 Å². The van der Waals surface area contributed by atoms with Crippen LogP contribution in [0.15, 0.2) is 66.9 Å². The average Bonchev–Trinajstić information content (AvgIpc) is 3.33. The monoisotopic (exact) mass is 597 g/mol. The van der Waals surface area contributed by atoms with E-state index in [1.54, 1.807) is 42.6 Å². The molecule has 0 bridgehead atoms. The number of benzene rings is 2. The Morgan fingerprint density at radius 3 is 2.33 bits per heavy atom. The summed E-state index contributed by atoms with van der Waals surface area (Å²) in [6, 6.07) is 18.1. The van der Waals surface area contributed by atoms with E-state index in [1.807, 2.05) is 38.4 Å². The summed E-state index contributed by atoms with van der Waals surface area (Å²) in [7, 11) is 3.99. The van der Waals surface area contributed by atoms with Gasteiger partial charge in [-0.1, -0.05) is 71.0 Å². The van der Waals surface area contributed by atoms with Crippen LogP contribution in [0.2, 0.25) is 0 Å². The molecule has 4 rings (SSSR count). The Morgan fingerprint density at radius 2 is 1.64 bits per heavy atom. The van der Waals surface area contributed by atoms with Crippen molar-refractivity contribution in [1.82, 2.24) is 14.9 Å². The second-order valence-electron chi connectivity index (χ2n) is 12.5. The zero-order valence-corrected chi connectivity index (χ0v) is 26.0. The lowest BCUT2D eigenvalue weighted by Gasteiger charge is -2.28. The number of ether oxygens (including phenoxy) is 2. The molecule has 0 spiro atoms. The zero-order chi connectivity index (χ0) is 30.7. The van der Waals surface area contributed by atoms with Gasteiger partial charge in [0.15, 0.2) is 5.69 Å². The summed E-state index contributed by atoms with van der Waals surface area (Å²) < 4.78 is 54.9. The number of hydrogen-bond donors (Lipinski definition) is 0. The maximum absolute atomic E-state index is 14.2. The highest BCUT2D eigenvalue weighted by atomic mass is 32.1. The molecule has 0 radical (unpaired) electrons. The molecule has 0 aliphatic carbocycles. The molecule has 0 saturated heterocycles. The first-order valence-electron chi connectivity index (χ1n) is 13.8. The van der Waals surface area contributed by atoms with Gasteiger partial charge in [0.1, 0.15) is 11.5 Å². The number of rotatable bonds is 10. The van der Waals surface area contributed by atoms with Crippen LogP contribution in [0, 0.1) is 5.41 Å². The molecular formula is C33H38F3N3O2S. The fourth-order valence-electron chi connectivity index (χ4n) is 4.83. The lowest BCUT2D eigenvalue weighted by molar-refractivity contribution is -0.140. The summed E-state index contributed by atoms with van der Waals surface area (Å²) in [6.07, 6.45) is -2.86. The summed E-state index contributed by atoms with van der Waals surface area (Å²) in [5.74, 6) is 1.52. The van der Waals surface area contributed by atoms with E-state index in [0.717, 1.165) is 23.4 Å². The van der Waals surface area contributed by atoms with Gasteiger partial charge in [0, 0.05) is 35.7 Å². The van der Waals surface area contributed by atoms with Crippen molar-refractivity contribution in [3.63, 3.8) is 0 Å². The molecule has 224 valence electrons. The molecule has 0 unspecified atom stereocenters. The number of thiazole rings is 1. The first-order chi connectivity index (χ1) is 19.6. The van der Waals surface area contributed by atoms with E-state index in [-0.39, 0.29) is 22.1 Å². The van der Waals surface area contributed by atoms with Crippen molar-refractivity contribution in [2.75, 3.05) is 27.2 Å². The summed E-state index contributed by atoms with van der Waals surface area (Å²) in [5, 5.41) is 0.317. The third kappa shape index (κ3) is 8.10. The van der Waals surface area contributed by atoms with Crippen molar-refractivity contribution in [2.45, 2.75) is 52.6 Å². The predicted octanol–water partition coefficient (Wildman–Crippen LogP) is 8.87. The molecule has 2 aromatic heterocycles. The van der Waals surface area contributed by atoms with Crippen LogP contribution in [-0.2, 0) is 18.0 Å². The molecule has 2 aromatic carbocycles. The topological polar surface area (TPSA) is 47.5 Å². The summed E-state index contributed by atoms with van der Waals surface area (Å²) in [5.41, 5.74) is 0.857. The van der Waals surface area contributed by atoms with Gasteiger partial charge in [0.2, 0.25) is 5.88 Å². The molecule has 5 nitrogen and oxygen atoms in total. The molecule has 0 aliphatic heterocycles. The van der Waals surface area contributed by atoms with E-state index in [4.69, 9.17) is 9.47 Å². The molecule has 0 N–H and O–H groups in total. The van der Waals surface area contributed by atoms with E-state index < -0.39 is 11.9 Å². The van der Waals surface area contributed by atoms with Crippen molar-refractivity contribution in [1.29, 1.82) is 0 Å². The second-order valence-corrected chi connectivity index (χ2v) is 13.6. The number of aromatic nitrogens is 2. The number of pyridine rings is 1. The molecular weight excluding hydrogens is 559 g/mol. The molecule has 0 aliphatic rings. The lowest BCUT2D eigenvalue weighted by Crippen LogP contribution is -2.33. The second kappa shape index (κ2) is 12.4. The first kappa shape index (κ1) is 31.5. The highest BCUT2D eigenvalue weighted by Crippen LogP contribution is 2.42. The summed E-state index contributed by atoms with van der Waals surface area (Å²) in [6.45, 7) is 11.7. The van der Waals surface area contributed by atoms with Gasteiger partial charge >= 0.3 is 6.18 Å². The van der Waals surface area contributed by atoms with E-state index >= 15 is 0 Å². The van der Waals surface area contributed by atoms with Gasteiger partial charge in [-0.3, -0.25) is 0 Å². The summed E-state index contributed by atoms with van der Waals surface area (Å²) in [4.78, 5) is 10.6. The molecule has 2 heterocycles. The van der Waals surface area contributed by atoms with Crippen molar-refractivity contribution in [3.05, 3.63) is 88.7 Å². The van der Waals surface area contributed by atoms with Crippen LogP contribution in [0.5, 0.6) is 17.4 Å². The van der Waals surface area contributed by atoms with Crippen molar-refractivity contribution >= 4 is 11.3 Å². The fraction of sp³-hybridized carbons (Fsp3) is 0.394. The molecule has 0 saturated carbocycles. The number of nitrogens with zero attached hydrogens (tertiary/aromatic N) is 3. The average molecular weight is 598 g/mol. The van der Waals surface area contributed by atoms with Gasteiger partial charge in [-0.05, 0) is 49.3 Å². The van der Waals surface area contributed by atoms with Gasteiger partial charge in [0.25, 0.3) is 0 Å². The van der Waals surface area contributed by atoms with Gasteiger partial charge < -0.3 is 14.4 Å². The van der Waals surface area contributed by atoms with Crippen LogP contribution in [-0.4, -0.2) is 42.1 Å². The summed E-state index contributed by atoms with van der Waals surface area (Å²) >= 11 is 1.02. The third-order valence-corrected chi connectivity index (χ3v) is 7.61. The Labute approximate surface area is 250 Å². The smallest absolute Gasteiger partial charge is 0.434 e. The SMILES string of the molecule is CN(C)CC(C)(C)COc1cccc(-c2sc(Cc3cccnc3Oc3ccccc3C(C)(C)C)nc2C(F)(F)F)c1. The fourth-order valence-corrected chi connectivity index (χ4v) is 5.93. The first-order valence-corrected chi connectivity index (χ1v) is 14.6. The molecule has 4 aromatic rings. The number of alkyl halides is 3. The van der Waals surface area contributed by atoms with Crippen LogP contribution in [0.25, 0.3) is 10.4 Å². The van der Waals surface area contributed by atoms with E-state index in [0.29, 0.717) is 40.1 Å². The number of hydrogen-bond acceptors (Lipinski definition) is 6. The zero-order valence-electron chi connectivity index (χ0n) is 25.2. The Hall–Kier alpha value is -3.43. The van der Waals surface area contributed by atoms with E-state index in [1.165, 1.54) is 0 Å². The Bertz CT molecular complexity index is 1510. The van der Waals surface area contributed by atoms with Crippen LogP contribution in [0.4, 0.5) is 13.2 Å². The Balaban J connectivity index is 1.63.